The topological polar surface area (TPSA) is 87.7 Å². The van der Waals surface area contributed by atoms with Crippen molar-refractivity contribution in [3.63, 3.8) is 0 Å². The summed E-state index contributed by atoms with van der Waals surface area (Å²) in [6.45, 7) is 0. The lowest BCUT2D eigenvalue weighted by atomic mass is 9.63. The molecule has 1 saturated heterocycles. The quantitative estimate of drug-likeness (QED) is 0.281. The van der Waals surface area contributed by atoms with E-state index in [0.29, 0.717) is 33.3 Å². The fourth-order valence-corrected chi connectivity index (χ4v) is 6.98. The van der Waals surface area contributed by atoms with Gasteiger partial charge in [-0.1, -0.05) is 54.1 Å². The van der Waals surface area contributed by atoms with Crippen LogP contribution in [0.4, 0.5) is 11.4 Å². The standard InChI is InChI=1S/C34H26ClN3O4/c1-42-24-16-10-21(11-17-24)30(39)28-29(32(40)36-23-14-12-22(35)13-15-23)38-19-18-20-6-2-3-7-25(20)31(38)34(28)26-8-4-5-9-27(26)37-33(34)41/h2-19,28-29,31H,1H3,(H,36,40)(H,37,41)/t28-,29-,31?,34+/m0/s1. The number of anilines is 2. The van der Waals surface area contributed by atoms with E-state index in [1.807, 2.05) is 65.7 Å². The van der Waals surface area contributed by atoms with Gasteiger partial charge in [0.2, 0.25) is 11.8 Å². The van der Waals surface area contributed by atoms with Crippen LogP contribution in [0.15, 0.2) is 103 Å². The lowest BCUT2D eigenvalue weighted by Gasteiger charge is -2.38. The highest BCUT2D eigenvalue weighted by Gasteiger charge is 2.70. The van der Waals surface area contributed by atoms with Crippen LogP contribution in [0.3, 0.4) is 0 Å². The number of nitrogens with one attached hydrogen (secondary N) is 2. The number of carbonyl (C=O) groups is 3. The Hall–Kier alpha value is -4.88. The third kappa shape index (κ3) is 3.77. The van der Waals surface area contributed by atoms with Crippen molar-refractivity contribution in [3.8, 4) is 5.75 Å². The summed E-state index contributed by atoms with van der Waals surface area (Å²) in [5.41, 5.74) is 2.68. The number of nitrogens with zero attached hydrogens (tertiary/aromatic N) is 1. The van der Waals surface area contributed by atoms with Gasteiger partial charge in [0.15, 0.2) is 5.78 Å². The van der Waals surface area contributed by atoms with Crippen molar-refractivity contribution in [1.29, 1.82) is 0 Å². The molecule has 0 radical (unpaired) electrons. The molecule has 3 aliphatic heterocycles. The molecule has 0 saturated carbocycles. The number of rotatable bonds is 5. The third-order valence-corrected chi connectivity index (χ3v) is 8.86. The van der Waals surface area contributed by atoms with Crippen molar-refractivity contribution < 1.29 is 19.1 Å². The summed E-state index contributed by atoms with van der Waals surface area (Å²) in [7, 11) is 1.56. The van der Waals surface area contributed by atoms with E-state index in [1.54, 1.807) is 55.6 Å². The Labute approximate surface area is 247 Å². The van der Waals surface area contributed by atoms with Crippen molar-refractivity contribution in [3.05, 3.63) is 131 Å². The lowest BCUT2D eigenvalue weighted by Crippen LogP contribution is -2.50. The van der Waals surface area contributed by atoms with E-state index in [-0.39, 0.29) is 11.7 Å². The molecule has 0 aromatic heterocycles. The SMILES string of the molecule is COc1ccc(C(=O)[C@@H]2[C@@H](C(=O)Nc3ccc(Cl)cc3)N3C=Cc4ccccc4C3[C@]23C(=O)Nc2ccccc23)cc1. The van der Waals surface area contributed by atoms with E-state index in [4.69, 9.17) is 16.3 Å². The molecule has 2 N–H and O–H groups in total. The number of fused-ring (bicyclic) bond motifs is 6. The average molecular weight is 576 g/mol. The molecule has 4 atom stereocenters. The number of carbonyl (C=O) groups excluding carboxylic acids is 3. The van der Waals surface area contributed by atoms with E-state index in [0.717, 1.165) is 11.1 Å². The highest BCUT2D eigenvalue weighted by atomic mass is 35.5. The third-order valence-electron chi connectivity index (χ3n) is 8.61. The maximum absolute atomic E-state index is 14.8. The van der Waals surface area contributed by atoms with Crippen LogP contribution in [0.25, 0.3) is 6.08 Å². The summed E-state index contributed by atoms with van der Waals surface area (Å²) in [6.07, 6.45) is 3.78. The monoisotopic (exact) mass is 575 g/mol. The Bertz CT molecular complexity index is 1770. The largest absolute Gasteiger partial charge is 0.497 e. The number of amides is 2. The summed E-state index contributed by atoms with van der Waals surface area (Å²) in [5, 5.41) is 6.58. The molecule has 2 amide bonds. The molecule has 208 valence electrons. The number of Topliss-reactive ketones (excluding diaryl/α,β-unsaturated/α-hetero) is 1. The highest BCUT2D eigenvalue weighted by Crippen LogP contribution is 2.62. The van der Waals surface area contributed by atoms with Crippen LogP contribution < -0.4 is 15.4 Å². The van der Waals surface area contributed by atoms with Crippen LogP contribution in [0.1, 0.15) is 33.1 Å². The van der Waals surface area contributed by atoms with Crippen molar-refractivity contribution in [2.45, 2.75) is 17.5 Å². The first-order valence-electron chi connectivity index (χ1n) is 13.6. The average Bonchev–Trinajstić information content (AvgIpc) is 3.50. The number of benzene rings is 4. The zero-order chi connectivity index (χ0) is 29.0. The molecule has 7 nitrogen and oxygen atoms in total. The zero-order valence-electron chi connectivity index (χ0n) is 22.6. The molecule has 3 heterocycles. The first-order valence-corrected chi connectivity index (χ1v) is 14.0. The first kappa shape index (κ1) is 26.0. The second-order valence-electron chi connectivity index (χ2n) is 10.7. The molecule has 0 bridgehead atoms. The van der Waals surface area contributed by atoms with E-state index in [1.165, 1.54) is 0 Å². The maximum Gasteiger partial charge on any atom is 0.247 e. The first-order chi connectivity index (χ1) is 20.4. The van der Waals surface area contributed by atoms with Crippen molar-refractivity contribution in [2.75, 3.05) is 17.7 Å². The van der Waals surface area contributed by atoms with E-state index in [9.17, 15) is 14.4 Å². The fraction of sp³-hybridized carbons (Fsp3) is 0.147. The highest BCUT2D eigenvalue weighted by molar-refractivity contribution is 6.30. The van der Waals surface area contributed by atoms with Crippen LogP contribution in [0, 0.1) is 5.92 Å². The molecular formula is C34H26ClN3O4. The predicted molar refractivity (Wildman–Crippen MR) is 161 cm³/mol. The fourth-order valence-electron chi connectivity index (χ4n) is 6.85. The molecule has 1 unspecified atom stereocenters. The molecule has 7 rings (SSSR count). The normalized spacial score (nSPS) is 23.1. The van der Waals surface area contributed by atoms with Gasteiger partial charge in [-0.3, -0.25) is 14.4 Å². The number of methoxy groups -OCH3 is 1. The molecule has 1 spiro atoms. The van der Waals surface area contributed by atoms with Crippen LogP contribution in [-0.2, 0) is 15.0 Å². The van der Waals surface area contributed by atoms with Gasteiger partial charge in [0.25, 0.3) is 0 Å². The number of halogens is 1. The second-order valence-corrected chi connectivity index (χ2v) is 11.1. The van der Waals surface area contributed by atoms with Crippen molar-refractivity contribution in [1.82, 2.24) is 4.90 Å². The number of ketones is 1. The van der Waals surface area contributed by atoms with Gasteiger partial charge in [0.1, 0.15) is 17.2 Å². The van der Waals surface area contributed by atoms with Gasteiger partial charge < -0.3 is 20.3 Å². The number of para-hydroxylation sites is 1. The smallest absolute Gasteiger partial charge is 0.247 e. The summed E-state index contributed by atoms with van der Waals surface area (Å²) < 4.78 is 5.32. The molecule has 4 aromatic rings. The van der Waals surface area contributed by atoms with Crippen LogP contribution in [0.2, 0.25) is 5.02 Å². The Kier molecular flexibility index (Phi) is 6.13. The van der Waals surface area contributed by atoms with Gasteiger partial charge in [-0.25, -0.2) is 0 Å². The predicted octanol–water partition coefficient (Wildman–Crippen LogP) is 6.09. The Morgan fingerprint density at radius 1 is 0.929 bits per heavy atom. The number of hydrogen-bond donors (Lipinski definition) is 2. The Morgan fingerprint density at radius 2 is 1.64 bits per heavy atom. The molecule has 3 aliphatic rings. The molecule has 4 aromatic carbocycles. The van der Waals surface area contributed by atoms with E-state index < -0.39 is 29.3 Å². The summed E-state index contributed by atoms with van der Waals surface area (Å²) in [5.74, 6) is -1.48. The summed E-state index contributed by atoms with van der Waals surface area (Å²) >= 11 is 6.09. The van der Waals surface area contributed by atoms with Gasteiger partial charge in [0, 0.05) is 28.2 Å². The molecule has 1 fully saturated rings. The number of hydrogen-bond acceptors (Lipinski definition) is 5. The van der Waals surface area contributed by atoms with Crippen molar-refractivity contribution in [2.24, 2.45) is 5.92 Å². The zero-order valence-corrected chi connectivity index (χ0v) is 23.3. The molecule has 8 heteroatoms. The van der Waals surface area contributed by atoms with Crippen LogP contribution in [-0.4, -0.2) is 35.6 Å². The van der Waals surface area contributed by atoms with Gasteiger partial charge in [0.05, 0.1) is 19.1 Å². The van der Waals surface area contributed by atoms with Gasteiger partial charge in [-0.2, -0.15) is 0 Å². The Morgan fingerprint density at radius 3 is 2.40 bits per heavy atom. The maximum atomic E-state index is 14.8. The summed E-state index contributed by atoms with van der Waals surface area (Å²) in [4.78, 5) is 45.4. The minimum Gasteiger partial charge on any atom is -0.497 e. The van der Waals surface area contributed by atoms with Gasteiger partial charge >= 0.3 is 0 Å². The van der Waals surface area contributed by atoms with Crippen LogP contribution in [0.5, 0.6) is 5.75 Å². The minimum atomic E-state index is -1.39. The van der Waals surface area contributed by atoms with Gasteiger partial charge in [-0.15, -0.1) is 0 Å². The van der Waals surface area contributed by atoms with E-state index in [2.05, 4.69) is 10.6 Å². The lowest BCUT2D eigenvalue weighted by molar-refractivity contribution is -0.122. The summed E-state index contributed by atoms with van der Waals surface area (Å²) in [6, 6.07) is 27.2. The molecule has 0 aliphatic carbocycles. The minimum absolute atomic E-state index is 0.305. The second kappa shape index (κ2) is 9.89. The van der Waals surface area contributed by atoms with Crippen molar-refractivity contribution >= 4 is 46.6 Å². The Balaban J connectivity index is 1.47. The van der Waals surface area contributed by atoms with Gasteiger partial charge in [-0.05, 0) is 77.4 Å². The molecular weight excluding hydrogens is 550 g/mol. The van der Waals surface area contributed by atoms with Crippen LogP contribution >= 0.6 is 11.6 Å². The van der Waals surface area contributed by atoms with E-state index >= 15 is 0 Å². The molecule has 42 heavy (non-hydrogen) atoms. The number of ether oxygens (including phenoxy) is 1.